The molecule has 0 aliphatic heterocycles. The van der Waals surface area contributed by atoms with E-state index >= 15 is 0 Å². The number of hydrogen-bond donors (Lipinski definition) is 1. The number of nitro groups is 1. The second kappa shape index (κ2) is 7.79. The summed E-state index contributed by atoms with van der Waals surface area (Å²) < 4.78 is 38.4. The number of furan rings is 1. The summed E-state index contributed by atoms with van der Waals surface area (Å²) in [5.74, 6) is 1.03. The molecule has 2 aromatic heterocycles. The van der Waals surface area contributed by atoms with Gasteiger partial charge in [-0.15, -0.1) is 0 Å². The number of nitrogens with one attached hydrogen (secondary N) is 1. The maximum atomic E-state index is 12.7. The molecule has 152 valence electrons. The largest absolute Gasteiger partial charge is 0.461 e. The lowest BCUT2D eigenvalue weighted by atomic mass is 10.1. The van der Waals surface area contributed by atoms with Gasteiger partial charge in [0.1, 0.15) is 0 Å². The quantitative estimate of drug-likeness (QED) is 0.349. The maximum Gasteiger partial charge on any atom is 0.269 e. The lowest BCUT2D eigenvalue weighted by molar-refractivity contribution is -0.384. The maximum absolute atomic E-state index is 12.7. The SMILES string of the molecule is O=[N+]([O-])c1ccc(S(=O)(=O)Nc2ccccc2Cc2nc(-c3ccco3)no2)cc1. The molecule has 0 radical (unpaired) electrons. The number of sulfonamides is 1. The van der Waals surface area contributed by atoms with Crippen LogP contribution in [0.2, 0.25) is 0 Å². The van der Waals surface area contributed by atoms with Crippen LogP contribution in [0.3, 0.4) is 0 Å². The second-order valence-electron chi connectivity index (χ2n) is 6.18. The van der Waals surface area contributed by atoms with Crippen LogP contribution < -0.4 is 4.72 Å². The highest BCUT2D eigenvalue weighted by Crippen LogP contribution is 2.24. The van der Waals surface area contributed by atoms with Crippen LogP contribution in [0, 0.1) is 10.1 Å². The molecule has 0 saturated carbocycles. The summed E-state index contributed by atoms with van der Waals surface area (Å²) in [7, 11) is -3.96. The molecule has 0 saturated heterocycles. The standard InChI is InChI=1S/C19H14N4O6S/c24-23(25)14-7-9-15(10-8-14)30(26,27)22-16-5-2-1-4-13(16)12-18-20-19(21-29-18)17-6-3-11-28-17/h1-11,22H,12H2. The molecule has 4 aromatic rings. The molecule has 4 rings (SSSR count). The van der Waals surface area contributed by atoms with E-state index in [9.17, 15) is 18.5 Å². The zero-order chi connectivity index (χ0) is 21.1. The predicted octanol–water partition coefficient (Wildman–Crippen LogP) is 3.63. The van der Waals surface area contributed by atoms with Gasteiger partial charge in [-0.05, 0) is 35.9 Å². The van der Waals surface area contributed by atoms with Crippen molar-refractivity contribution in [2.24, 2.45) is 0 Å². The normalized spacial score (nSPS) is 11.3. The van der Waals surface area contributed by atoms with E-state index in [2.05, 4.69) is 14.9 Å². The Hall–Kier alpha value is -3.99. The van der Waals surface area contributed by atoms with Crippen molar-refractivity contribution >= 4 is 21.4 Å². The van der Waals surface area contributed by atoms with Gasteiger partial charge in [0, 0.05) is 12.1 Å². The van der Waals surface area contributed by atoms with Crippen LogP contribution in [0.25, 0.3) is 11.6 Å². The van der Waals surface area contributed by atoms with Gasteiger partial charge in [-0.25, -0.2) is 8.42 Å². The smallest absolute Gasteiger partial charge is 0.269 e. The lowest BCUT2D eigenvalue weighted by Gasteiger charge is -2.11. The van der Waals surface area contributed by atoms with Gasteiger partial charge in [-0.2, -0.15) is 4.98 Å². The first-order valence-electron chi connectivity index (χ1n) is 8.64. The van der Waals surface area contributed by atoms with Gasteiger partial charge in [-0.3, -0.25) is 14.8 Å². The molecule has 1 N–H and O–H groups in total. The molecule has 0 atom stereocenters. The van der Waals surface area contributed by atoms with Crippen LogP contribution >= 0.6 is 0 Å². The molecule has 0 fully saturated rings. The van der Waals surface area contributed by atoms with Crippen molar-refractivity contribution in [3.05, 3.63) is 88.5 Å². The summed E-state index contributed by atoms with van der Waals surface area (Å²) in [6.45, 7) is 0. The van der Waals surface area contributed by atoms with E-state index in [1.54, 1.807) is 36.4 Å². The molecule has 0 amide bonds. The third-order valence-electron chi connectivity index (χ3n) is 4.17. The monoisotopic (exact) mass is 426 g/mol. The van der Waals surface area contributed by atoms with Crippen molar-refractivity contribution in [1.29, 1.82) is 0 Å². The Morgan fingerprint density at radius 2 is 1.80 bits per heavy atom. The first-order chi connectivity index (χ1) is 14.4. The first-order valence-corrected chi connectivity index (χ1v) is 10.1. The van der Waals surface area contributed by atoms with E-state index in [1.165, 1.54) is 18.4 Å². The van der Waals surface area contributed by atoms with Crippen molar-refractivity contribution in [3.63, 3.8) is 0 Å². The van der Waals surface area contributed by atoms with Crippen molar-refractivity contribution in [1.82, 2.24) is 10.1 Å². The van der Waals surface area contributed by atoms with Crippen LogP contribution in [-0.2, 0) is 16.4 Å². The highest BCUT2D eigenvalue weighted by Gasteiger charge is 2.19. The van der Waals surface area contributed by atoms with Crippen molar-refractivity contribution in [2.75, 3.05) is 4.72 Å². The van der Waals surface area contributed by atoms with Gasteiger partial charge in [0.2, 0.25) is 11.7 Å². The molecule has 0 bridgehead atoms. The number of non-ortho nitro benzene ring substituents is 1. The van der Waals surface area contributed by atoms with Crippen LogP contribution in [-0.4, -0.2) is 23.5 Å². The number of nitro benzene ring substituents is 1. The number of aromatic nitrogens is 2. The van der Waals surface area contributed by atoms with E-state index in [0.29, 0.717) is 22.8 Å². The highest BCUT2D eigenvalue weighted by molar-refractivity contribution is 7.92. The Balaban J connectivity index is 1.56. The summed E-state index contributed by atoms with van der Waals surface area (Å²) in [5.41, 5.74) is 0.740. The number of para-hydroxylation sites is 1. The predicted molar refractivity (Wildman–Crippen MR) is 105 cm³/mol. The summed E-state index contributed by atoms with van der Waals surface area (Å²) in [5, 5.41) is 14.6. The van der Waals surface area contributed by atoms with E-state index in [0.717, 1.165) is 12.1 Å². The van der Waals surface area contributed by atoms with Crippen molar-refractivity contribution in [3.8, 4) is 11.6 Å². The zero-order valence-corrected chi connectivity index (χ0v) is 16.1. The van der Waals surface area contributed by atoms with Gasteiger partial charge in [0.05, 0.1) is 28.2 Å². The molecule has 0 aliphatic rings. The number of nitrogens with zero attached hydrogens (tertiary/aromatic N) is 3. The van der Waals surface area contributed by atoms with Crippen LogP contribution in [0.5, 0.6) is 0 Å². The third kappa shape index (κ3) is 4.05. The molecule has 11 heteroatoms. The molecule has 0 spiro atoms. The van der Waals surface area contributed by atoms with Crippen molar-refractivity contribution in [2.45, 2.75) is 11.3 Å². The number of benzene rings is 2. The average Bonchev–Trinajstić information content (AvgIpc) is 3.41. The topological polar surface area (TPSA) is 141 Å². The Morgan fingerprint density at radius 3 is 2.50 bits per heavy atom. The Labute approximate surface area is 170 Å². The molecule has 2 heterocycles. The van der Waals surface area contributed by atoms with E-state index in [-0.39, 0.29) is 22.9 Å². The Bertz CT molecular complexity index is 1280. The summed E-state index contributed by atoms with van der Waals surface area (Å²) in [4.78, 5) is 14.3. The number of anilines is 1. The summed E-state index contributed by atoms with van der Waals surface area (Å²) in [6, 6.07) is 14.8. The van der Waals surface area contributed by atoms with Gasteiger partial charge in [0.25, 0.3) is 15.7 Å². The first kappa shape index (κ1) is 19.3. The lowest BCUT2D eigenvalue weighted by Crippen LogP contribution is -2.14. The fraction of sp³-hybridized carbons (Fsp3) is 0.0526. The fourth-order valence-electron chi connectivity index (χ4n) is 2.72. The van der Waals surface area contributed by atoms with Crippen LogP contribution in [0.1, 0.15) is 11.5 Å². The van der Waals surface area contributed by atoms with Gasteiger partial charge in [-0.1, -0.05) is 23.4 Å². The van der Waals surface area contributed by atoms with Gasteiger partial charge in [0.15, 0.2) is 5.76 Å². The van der Waals surface area contributed by atoms with E-state index in [4.69, 9.17) is 8.94 Å². The van der Waals surface area contributed by atoms with E-state index < -0.39 is 14.9 Å². The molecule has 0 aliphatic carbocycles. The minimum atomic E-state index is -3.96. The summed E-state index contributed by atoms with van der Waals surface area (Å²) >= 11 is 0. The molecular weight excluding hydrogens is 412 g/mol. The van der Waals surface area contributed by atoms with E-state index in [1.807, 2.05) is 0 Å². The fourth-order valence-corrected chi connectivity index (χ4v) is 3.82. The number of hydrogen-bond acceptors (Lipinski definition) is 8. The summed E-state index contributed by atoms with van der Waals surface area (Å²) in [6.07, 6.45) is 1.68. The van der Waals surface area contributed by atoms with Gasteiger partial charge < -0.3 is 8.94 Å². The third-order valence-corrected chi connectivity index (χ3v) is 5.55. The van der Waals surface area contributed by atoms with Crippen LogP contribution in [0.4, 0.5) is 11.4 Å². The Morgan fingerprint density at radius 1 is 1.03 bits per heavy atom. The number of rotatable bonds is 7. The molecular formula is C19H14N4O6S. The highest BCUT2D eigenvalue weighted by atomic mass is 32.2. The Kier molecular flexibility index (Phi) is 5.02. The average molecular weight is 426 g/mol. The van der Waals surface area contributed by atoms with Gasteiger partial charge >= 0.3 is 0 Å². The minimum absolute atomic E-state index is 0.0965. The molecule has 0 unspecified atom stereocenters. The van der Waals surface area contributed by atoms with Crippen LogP contribution in [0.15, 0.2) is 80.8 Å². The van der Waals surface area contributed by atoms with Crippen molar-refractivity contribution < 1.29 is 22.3 Å². The second-order valence-corrected chi connectivity index (χ2v) is 7.86. The molecule has 2 aromatic carbocycles. The minimum Gasteiger partial charge on any atom is -0.461 e. The molecule has 30 heavy (non-hydrogen) atoms. The molecule has 10 nitrogen and oxygen atoms in total. The zero-order valence-electron chi connectivity index (χ0n) is 15.3.